The van der Waals surface area contributed by atoms with E-state index < -0.39 is 0 Å². The Morgan fingerprint density at radius 3 is 2.62 bits per heavy atom. The van der Waals surface area contributed by atoms with Crippen molar-refractivity contribution in [2.24, 2.45) is 7.05 Å². The van der Waals surface area contributed by atoms with E-state index in [0.29, 0.717) is 12.4 Å². The van der Waals surface area contributed by atoms with Crippen LogP contribution in [0.15, 0.2) is 24.3 Å². The summed E-state index contributed by atoms with van der Waals surface area (Å²) < 4.78 is 7.51. The lowest BCUT2D eigenvalue weighted by atomic mass is 10.1. The molecule has 0 aliphatic carbocycles. The van der Waals surface area contributed by atoms with Gasteiger partial charge in [0.05, 0.1) is 23.6 Å². The average Bonchev–Trinajstić information content (AvgIpc) is 2.75. The Hall–Kier alpha value is -2.43. The number of benzene rings is 1. The molecule has 1 aromatic carbocycles. The minimum Gasteiger partial charge on any atom is -0.493 e. The number of aryl methyl sites for hydroxylation is 3. The van der Waals surface area contributed by atoms with Crippen LogP contribution in [0.1, 0.15) is 18.3 Å². The first-order valence-electron chi connectivity index (χ1n) is 7.02. The molecule has 0 saturated carbocycles. The van der Waals surface area contributed by atoms with E-state index in [0.717, 1.165) is 33.7 Å². The molecule has 0 saturated heterocycles. The Morgan fingerprint density at radius 1 is 1.10 bits per heavy atom. The van der Waals surface area contributed by atoms with Gasteiger partial charge in [0, 0.05) is 7.05 Å². The number of para-hydroxylation sites is 1. The normalized spacial score (nSPS) is 11.0. The fraction of sp³-hybridized carbons (Fsp3) is 0.312. The molecule has 0 aliphatic heterocycles. The number of hydrogen-bond acceptors (Lipinski definition) is 4. The molecule has 5 heteroatoms. The quantitative estimate of drug-likeness (QED) is 0.741. The van der Waals surface area contributed by atoms with Crippen LogP contribution in [-0.2, 0) is 7.05 Å². The van der Waals surface area contributed by atoms with Crippen LogP contribution in [0, 0.1) is 13.8 Å². The first-order valence-corrected chi connectivity index (χ1v) is 7.02. The molecule has 3 aromatic rings. The number of hydrogen-bond donors (Lipinski definition) is 0. The van der Waals surface area contributed by atoms with Crippen molar-refractivity contribution in [3.63, 3.8) is 0 Å². The molecule has 0 bridgehead atoms. The molecule has 0 atom stereocenters. The smallest absolute Gasteiger partial charge is 0.163 e. The zero-order valence-corrected chi connectivity index (χ0v) is 12.7. The van der Waals surface area contributed by atoms with Crippen molar-refractivity contribution >= 4 is 11.0 Å². The predicted octanol–water partition coefficient (Wildman–Crippen LogP) is 3.05. The Morgan fingerprint density at radius 2 is 1.86 bits per heavy atom. The number of fused-ring (bicyclic) bond motifs is 1. The van der Waals surface area contributed by atoms with Crippen molar-refractivity contribution < 1.29 is 4.74 Å². The maximum Gasteiger partial charge on any atom is 0.163 e. The van der Waals surface area contributed by atoms with E-state index >= 15 is 0 Å². The van der Waals surface area contributed by atoms with Gasteiger partial charge in [0.1, 0.15) is 16.8 Å². The highest BCUT2D eigenvalue weighted by molar-refractivity contribution is 5.82. The number of nitrogens with zero attached hydrogens (tertiary/aromatic N) is 4. The van der Waals surface area contributed by atoms with Crippen LogP contribution in [-0.4, -0.2) is 26.4 Å². The second-order valence-electron chi connectivity index (χ2n) is 4.97. The molecule has 5 nitrogen and oxygen atoms in total. The van der Waals surface area contributed by atoms with Crippen molar-refractivity contribution in [2.75, 3.05) is 6.61 Å². The van der Waals surface area contributed by atoms with E-state index in [1.165, 1.54) is 0 Å². The summed E-state index contributed by atoms with van der Waals surface area (Å²) in [7, 11) is 1.92. The van der Waals surface area contributed by atoms with E-state index in [9.17, 15) is 0 Å². The van der Waals surface area contributed by atoms with Gasteiger partial charge in [0.25, 0.3) is 0 Å². The maximum absolute atomic E-state index is 5.68. The van der Waals surface area contributed by atoms with Crippen LogP contribution in [0.3, 0.4) is 0 Å². The Kier molecular flexibility index (Phi) is 3.33. The molecule has 2 aromatic heterocycles. The largest absolute Gasteiger partial charge is 0.493 e. The minimum absolute atomic E-state index is 0.615. The second-order valence-corrected chi connectivity index (χ2v) is 4.97. The summed E-state index contributed by atoms with van der Waals surface area (Å²) in [4.78, 5) is 9.33. The monoisotopic (exact) mass is 282 g/mol. The van der Waals surface area contributed by atoms with E-state index in [1.54, 1.807) is 0 Å². The maximum atomic E-state index is 5.68. The summed E-state index contributed by atoms with van der Waals surface area (Å²) >= 11 is 0. The van der Waals surface area contributed by atoms with E-state index in [1.807, 2.05) is 56.8 Å². The van der Waals surface area contributed by atoms with Gasteiger partial charge in [0.15, 0.2) is 5.82 Å². The van der Waals surface area contributed by atoms with Crippen LogP contribution >= 0.6 is 0 Å². The summed E-state index contributed by atoms with van der Waals surface area (Å²) in [5, 5.41) is 4.43. The molecule has 108 valence electrons. The molecule has 0 spiro atoms. The third-order valence-electron chi connectivity index (χ3n) is 3.45. The third kappa shape index (κ3) is 2.24. The van der Waals surface area contributed by atoms with Crippen molar-refractivity contribution in [3.05, 3.63) is 35.7 Å². The first-order chi connectivity index (χ1) is 10.1. The fourth-order valence-electron chi connectivity index (χ4n) is 2.58. The highest BCUT2D eigenvalue weighted by Crippen LogP contribution is 2.29. The van der Waals surface area contributed by atoms with Crippen molar-refractivity contribution in [1.29, 1.82) is 0 Å². The van der Waals surface area contributed by atoms with Gasteiger partial charge in [-0.3, -0.25) is 4.68 Å². The van der Waals surface area contributed by atoms with Gasteiger partial charge >= 0.3 is 0 Å². The van der Waals surface area contributed by atoms with Gasteiger partial charge in [-0.15, -0.1) is 0 Å². The third-order valence-corrected chi connectivity index (χ3v) is 3.45. The lowest BCUT2D eigenvalue weighted by molar-refractivity contribution is 0.341. The van der Waals surface area contributed by atoms with E-state index in [2.05, 4.69) is 10.1 Å². The standard InChI is InChI=1S/C16H18N4O/c1-5-21-13-9-7-6-8-12(13)16-17-11(3)15-14(18-16)10(2)19-20(15)4/h6-9H,5H2,1-4H3. The minimum atomic E-state index is 0.615. The van der Waals surface area contributed by atoms with E-state index in [4.69, 9.17) is 9.72 Å². The zero-order valence-electron chi connectivity index (χ0n) is 12.7. The Labute approximate surface area is 123 Å². The van der Waals surface area contributed by atoms with Crippen molar-refractivity contribution in [3.8, 4) is 17.1 Å². The van der Waals surface area contributed by atoms with Gasteiger partial charge in [-0.2, -0.15) is 5.10 Å². The summed E-state index contributed by atoms with van der Waals surface area (Å²) in [6.45, 7) is 6.53. The van der Waals surface area contributed by atoms with Gasteiger partial charge in [-0.05, 0) is 32.9 Å². The van der Waals surface area contributed by atoms with Crippen LogP contribution < -0.4 is 4.74 Å². The van der Waals surface area contributed by atoms with Crippen molar-refractivity contribution in [1.82, 2.24) is 19.7 Å². The lowest BCUT2D eigenvalue weighted by Crippen LogP contribution is -2.00. The molecule has 0 fully saturated rings. The van der Waals surface area contributed by atoms with Gasteiger partial charge in [-0.25, -0.2) is 9.97 Å². The van der Waals surface area contributed by atoms with Gasteiger partial charge in [-0.1, -0.05) is 12.1 Å². The topological polar surface area (TPSA) is 52.8 Å². The molecule has 21 heavy (non-hydrogen) atoms. The van der Waals surface area contributed by atoms with Crippen LogP contribution in [0.4, 0.5) is 0 Å². The Bertz CT molecular complexity index is 807. The fourth-order valence-corrected chi connectivity index (χ4v) is 2.58. The van der Waals surface area contributed by atoms with Gasteiger partial charge < -0.3 is 4.74 Å². The molecule has 3 rings (SSSR count). The van der Waals surface area contributed by atoms with Crippen LogP contribution in [0.2, 0.25) is 0 Å². The number of aromatic nitrogens is 4. The SMILES string of the molecule is CCOc1ccccc1-c1nc(C)c2c(n1)c(C)nn2C. The molecular weight excluding hydrogens is 264 g/mol. The Balaban J connectivity index is 2.24. The number of rotatable bonds is 3. The van der Waals surface area contributed by atoms with Crippen LogP contribution in [0.25, 0.3) is 22.4 Å². The van der Waals surface area contributed by atoms with E-state index in [-0.39, 0.29) is 0 Å². The molecule has 2 heterocycles. The molecular formula is C16H18N4O. The second kappa shape index (κ2) is 5.16. The molecule has 0 N–H and O–H groups in total. The molecule has 0 aliphatic rings. The summed E-state index contributed by atoms with van der Waals surface area (Å²) in [5.74, 6) is 1.49. The lowest BCUT2D eigenvalue weighted by Gasteiger charge is -2.10. The van der Waals surface area contributed by atoms with Gasteiger partial charge in [0.2, 0.25) is 0 Å². The first kappa shape index (κ1) is 13.5. The predicted molar refractivity (Wildman–Crippen MR) is 82.4 cm³/mol. The summed E-state index contributed by atoms with van der Waals surface area (Å²) in [6, 6.07) is 7.85. The molecule has 0 radical (unpaired) electrons. The average molecular weight is 282 g/mol. The summed E-state index contributed by atoms with van der Waals surface area (Å²) in [5.41, 5.74) is 4.61. The summed E-state index contributed by atoms with van der Waals surface area (Å²) in [6.07, 6.45) is 0. The number of ether oxygens (including phenoxy) is 1. The van der Waals surface area contributed by atoms with Crippen LogP contribution in [0.5, 0.6) is 5.75 Å². The zero-order chi connectivity index (χ0) is 15.0. The highest BCUT2D eigenvalue weighted by atomic mass is 16.5. The molecule has 0 unspecified atom stereocenters. The highest BCUT2D eigenvalue weighted by Gasteiger charge is 2.15. The van der Waals surface area contributed by atoms with Crippen molar-refractivity contribution in [2.45, 2.75) is 20.8 Å². The molecule has 0 amide bonds.